The number of amides is 1. The minimum absolute atomic E-state index is 0.356. The van der Waals surface area contributed by atoms with E-state index in [2.05, 4.69) is 0 Å². The van der Waals surface area contributed by atoms with Gasteiger partial charge in [0.15, 0.2) is 0 Å². The minimum Gasteiger partial charge on any atom is -0.480 e. The zero-order valence-corrected chi connectivity index (χ0v) is 10.1. The summed E-state index contributed by atoms with van der Waals surface area (Å²) in [5.74, 6) is -1.44. The zero-order chi connectivity index (χ0) is 13.0. The van der Waals surface area contributed by atoms with Gasteiger partial charge in [0.2, 0.25) is 0 Å². The molecular formula is C11H17NO5. The molecule has 4 unspecified atom stereocenters. The summed E-state index contributed by atoms with van der Waals surface area (Å²) in [4.78, 5) is 24.2. The maximum absolute atomic E-state index is 11.9. The molecule has 96 valence electrons. The molecule has 6 nitrogen and oxygen atoms in total. The zero-order valence-electron chi connectivity index (χ0n) is 10.1. The van der Waals surface area contributed by atoms with Crippen LogP contribution in [0.15, 0.2) is 0 Å². The van der Waals surface area contributed by atoms with Crippen molar-refractivity contribution in [3.8, 4) is 0 Å². The van der Waals surface area contributed by atoms with Crippen LogP contribution in [0.25, 0.3) is 0 Å². The van der Waals surface area contributed by atoms with E-state index in [-0.39, 0.29) is 5.92 Å². The molecule has 0 aromatic heterocycles. The Morgan fingerprint density at radius 2 is 1.94 bits per heavy atom. The van der Waals surface area contributed by atoms with E-state index >= 15 is 0 Å². The number of carbonyl (C=O) groups is 2. The van der Waals surface area contributed by atoms with E-state index in [0.29, 0.717) is 6.42 Å². The van der Waals surface area contributed by atoms with Crippen molar-refractivity contribution < 1.29 is 24.5 Å². The fourth-order valence-electron chi connectivity index (χ4n) is 2.52. The Hall–Kier alpha value is -1.30. The highest BCUT2D eigenvalue weighted by molar-refractivity contribution is 5.83. The number of hydrogen-bond donors (Lipinski definition) is 2. The monoisotopic (exact) mass is 243 g/mol. The molecule has 2 bridgehead atoms. The van der Waals surface area contributed by atoms with E-state index in [4.69, 9.17) is 9.84 Å². The molecule has 0 aromatic rings. The first-order chi connectivity index (χ1) is 7.72. The Labute approximate surface area is 99.2 Å². The van der Waals surface area contributed by atoms with Gasteiger partial charge in [-0.05, 0) is 27.2 Å². The minimum atomic E-state index is -1.08. The molecule has 17 heavy (non-hydrogen) atoms. The van der Waals surface area contributed by atoms with E-state index in [9.17, 15) is 14.7 Å². The van der Waals surface area contributed by atoms with Crippen molar-refractivity contribution in [2.45, 2.75) is 51.0 Å². The number of nitrogens with zero attached hydrogens (tertiary/aromatic N) is 1. The van der Waals surface area contributed by atoms with Gasteiger partial charge in [0.05, 0.1) is 12.1 Å². The van der Waals surface area contributed by atoms with Crippen LogP contribution in [-0.4, -0.2) is 51.0 Å². The number of ether oxygens (including phenoxy) is 1. The fraction of sp³-hybridized carbons (Fsp3) is 0.818. The lowest BCUT2D eigenvalue weighted by molar-refractivity contribution is -0.142. The quantitative estimate of drug-likeness (QED) is 0.697. The third-order valence-electron chi connectivity index (χ3n) is 3.27. The summed E-state index contributed by atoms with van der Waals surface area (Å²) in [6.45, 7) is 5.16. The molecule has 2 heterocycles. The Bertz CT molecular complexity index is 361. The van der Waals surface area contributed by atoms with Crippen molar-refractivity contribution in [1.82, 2.24) is 4.90 Å². The number of aliphatic hydroxyl groups excluding tert-OH is 1. The Morgan fingerprint density at radius 3 is 2.35 bits per heavy atom. The van der Waals surface area contributed by atoms with Gasteiger partial charge >= 0.3 is 12.1 Å². The SMILES string of the molecule is CC(C)(C)OC(=O)N1C2CC(C2O)C1C(=O)O. The highest BCUT2D eigenvalue weighted by Gasteiger charge is 2.63. The predicted octanol–water partition coefficient (Wildman–Crippen LogP) is 0.440. The molecule has 2 aliphatic heterocycles. The fourth-order valence-corrected chi connectivity index (χ4v) is 2.52. The molecular weight excluding hydrogens is 226 g/mol. The van der Waals surface area contributed by atoms with E-state index in [1.165, 1.54) is 4.90 Å². The number of aliphatic carboxylic acids is 1. The van der Waals surface area contributed by atoms with Crippen molar-refractivity contribution in [3.63, 3.8) is 0 Å². The van der Waals surface area contributed by atoms with Crippen LogP contribution < -0.4 is 0 Å². The van der Waals surface area contributed by atoms with Crippen molar-refractivity contribution in [1.29, 1.82) is 0 Å². The van der Waals surface area contributed by atoms with E-state index in [1.807, 2.05) is 0 Å². The van der Waals surface area contributed by atoms with Crippen molar-refractivity contribution in [3.05, 3.63) is 0 Å². The van der Waals surface area contributed by atoms with Crippen LogP contribution in [0.4, 0.5) is 4.79 Å². The van der Waals surface area contributed by atoms with Gasteiger partial charge in [-0.3, -0.25) is 4.90 Å². The summed E-state index contributed by atoms with van der Waals surface area (Å²) in [5.41, 5.74) is -0.669. The smallest absolute Gasteiger partial charge is 0.411 e. The summed E-state index contributed by atoms with van der Waals surface area (Å²) in [6, 6.07) is -1.36. The molecule has 3 aliphatic rings. The van der Waals surface area contributed by atoms with Crippen molar-refractivity contribution in [2.24, 2.45) is 5.92 Å². The Kier molecular flexibility index (Phi) is 2.57. The standard InChI is InChI=1S/C11H17NO5/c1-11(2,3)17-10(16)12-6-4-5(8(6)13)7(12)9(14)15/h5-8,13H,4H2,1-3H3,(H,14,15). The van der Waals surface area contributed by atoms with Gasteiger partial charge in [-0.1, -0.05) is 0 Å². The topological polar surface area (TPSA) is 87.1 Å². The summed E-state index contributed by atoms with van der Waals surface area (Å²) < 4.78 is 5.16. The summed E-state index contributed by atoms with van der Waals surface area (Å²) in [5, 5.41) is 18.8. The second-order valence-electron chi connectivity index (χ2n) is 5.63. The first-order valence-electron chi connectivity index (χ1n) is 5.64. The second kappa shape index (κ2) is 3.60. The largest absolute Gasteiger partial charge is 0.480 e. The van der Waals surface area contributed by atoms with Gasteiger partial charge in [0.1, 0.15) is 11.6 Å². The highest BCUT2D eigenvalue weighted by Crippen LogP contribution is 2.46. The molecule has 3 rings (SSSR count). The Balaban J connectivity index is 2.15. The van der Waals surface area contributed by atoms with Crippen LogP contribution in [0.2, 0.25) is 0 Å². The molecule has 2 N–H and O–H groups in total. The maximum atomic E-state index is 11.9. The molecule has 3 fully saturated rings. The van der Waals surface area contributed by atoms with Gasteiger partial charge in [-0.2, -0.15) is 0 Å². The van der Waals surface area contributed by atoms with E-state index in [1.54, 1.807) is 20.8 Å². The number of fused-ring (bicyclic) bond motifs is 1. The van der Waals surface area contributed by atoms with Crippen molar-refractivity contribution >= 4 is 12.1 Å². The molecule has 0 radical (unpaired) electrons. The van der Waals surface area contributed by atoms with E-state index < -0.39 is 35.9 Å². The molecule has 1 saturated carbocycles. The first-order valence-corrected chi connectivity index (χ1v) is 5.64. The Morgan fingerprint density at radius 1 is 1.35 bits per heavy atom. The molecule has 0 aromatic carbocycles. The van der Waals surface area contributed by atoms with Gasteiger partial charge < -0.3 is 14.9 Å². The molecule has 6 heteroatoms. The molecule has 1 aliphatic carbocycles. The number of rotatable bonds is 1. The number of carboxylic acids is 1. The third-order valence-corrected chi connectivity index (χ3v) is 3.27. The normalized spacial score (nSPS) is 35.4. The van der Waals surface area contributed by atoms with Crippen LogP contribution in [0.5, 0.6) is 0 Å². The van der Waals surface area contributed by atoms with Gasteiger partial charge in [0, 0.05) is 5.92 Å². The van der Waals surface area contributed by atoms with Crippen LogP contribution in [-0.2, 0) is 9.53 Å². The lowest BCUT2D eigenvalue weighted by Gasteiger charge is -2.32. The summed E-state index contributed by atoms with van der Waals surface area (Å²) >= 11 is 0. The second-order valence-corrected chi connectivity index (χ2v) is 5.63. The summed E-state index contributed by atoms with van der Waals surface area (Å²) in [6.07, 6.45) is -0.852. The average molecular weight is 243 g/mol. The van der Waals surface area contributed by atoms with Gasteiger partial charge in [0.25, 0.3) is 0 Å². The van der Waals surface area contributed by atoms with Crippen LogP contribution in [0, 0.1) is 5.92 Å². The highest BCUT2D eigenvalue weighted by atomic mass is 16.6. The van der Waals surface area contributed by atoms with Gasteiger partial charge in [-0.15, -0.1) is 0 Å². The number of aliphatic hydroxyl groups is 1. The number of carbonyl (C=O) groups excluding carboxylic acids is 1. The molecule has 2 saturated heterocycles. The van der Waals surface area contributed by atoms with Crippen LogP contribution >= 0.6 is 0 Å². The maximum Gasteiger partial charge on any atom is 0.411 e. The summed E-state index contributed by atoms with van der Waals surface area (Å²) in [7, 11) is 0. The molecule has 4 atom stereocenters. The number of hydrogen-bond acceptors (Lipinski definition) is 4. The third kappa shape index (κ3) is 1.86. The molecule has 0 spiro atoms. The molecule has 1 amide bonds. The van der Waals surface area contributed by atoms with Crippen LogP contribution in [0.1, 0.15) is 27.2 Å². The first kappa shape index (κ1) is 12.2. The predicted molar refractivity (Wildman–Crippen MR) is 57.4 cm³/mol. The lowest BCUT2D eigenvalue weighted by atomic mass is 9.79. The number of carboxylic acid groups (broad SMARTS) is 1. The van der Waals surface area contributed by atoms with Gasteiger partial charge in [-0.25, -0.2) is 9.59 Å². The van der Waals surface area contributed by atoms with E-state index in [0.717, 1.165) is 0 Å². The van der Waals surface area contributed by atoms with Crippen LogP contribution in [0.3, 0.4) is 0 Å². The lowest BCUT2D eigenvalue weighted by Crippen LogP contribution is -2.47. The van der Waals surface area contributed by atoms with Crippen molar-refractivity contribution in [2.75, 3.05) is 0 Å². The average Bonchev–Trinajstić information content (AvgIpc) is 2.66.